The summed E-state index contributed by atoms with van der Waals surface area (Å²) >= 11 is 2.23. The predicted octanol–water partition coefficient (Wildman–Crippen LogP) is 3.25. The topological polar surface area (TPSA) is 0 Å². The monoisotopic (exact) mass is 227 g/mol. The number of allylic oxidation sites excluding steroid dienone is 4. The first-order valence-electron chi connectivity index (χ1n) is 3.36. The van der Waals surface area contributed by atoms with E-state index in [2.05, 4.69) is 46.4 Å². The van der Waals surface area contributed by atoms with Crippen molar-refractivity contribution in [2.24, 2.45) is 5.92 Å². The Balaban J connectivity index is 0. The summed E-state index contributed by atoms with van der Waals surface area (Å²) in [5, 5.41) is 0. The Morgan fingerprint density at radius 3 is 2.18 bits per heavy atom. The summed E-state index contributed by atoms with van der Waals surface area (Å²) in [6.45, 7) is 4.42. The zero-order valence-electron chi connectivity index (χ0n) is 6.76. The molecule has 1 rings (SSSR count). The molecular formula is C8H13Cl2Ti. The minimum atomic E-state index is 0. The van der Waals surface area contributed by atoms with Crippen molar-refractivity contribution in [2.45, 2.75) is 20.3 Å². The molecule has 0 radical (unpaired) electrons. The summed E-state index contributed by atoms with van der Waals surface area (Å²) in [5.74, 6) is 0.741. The summed E-state index contributed by atoms with van der Waals surface area (Å²) in [7, 11) is 0. The van der Waals surface area contributed by atoms with E-state index in [-0.39, 0.29) is 24.8 Å². The zero-order chi connectivity index (χ0) is 6.85. The van der Waals surface area contributed by atoms with Gasteiger partial charge in [-0.05, 0) is 0 Å². The fourth-order valence-electron chi connectivity index (χ4n) is 1.08. The first-order valence-corrected chi connectivity index (χ1v) is 4.14. The molecular weight excluding hydrogens is 215 g/mol. The van der Waals surface area contributed by atoms with Crippen LogP contribution in [0.4, 0.5) is 0 Å². The molecule has 0 aromatic rings. The second kappa shape index (κ2) is 6.31. The average molecular weight is 228 g/mol. The first-order chi connectivity index (χ1) is 4.25. The van der Waals surface area contributed by atoms with Crippen molar-refractivity contribution >= 4 is 24.8 Å². The Bertz CT molecular complexity index is 173. The molecule has 3 heteroatoms. The molecule has 0 saturated carbocycles. The summed E-state index contributed by atoms with van der Waals surface area (Å²) in [4.78, 5) is 0. The molecule has 0 aromatic heterocycles. The van der Waals surface area contributed by atoms with Gasteiger partial charge >= 0.3 is 68.2 Å². The van der Waals surface area contributed by atoms with Gasteiger partial charge in [-0.2, -0.15) is 0 Å². The SMILES string of the molecule is CCC1C=CC(C)=[C]1[Ti].Cl.Cl. The first kappa shape index (κ1) is 14.3. The summed E-state index contributed by atoms with van der Waals surface area (Å²) in [6, 6.07) is 0. The standard InChI is InChI=1S/C8H11.2ClH.Ti/c1-3-8-5-4-7(2)6-8;;;/h4-5,8H,3H2,1-2H3;2*1H;. The number of halogens is 2. The van der Waals surface area contributed by atoms with Gasteiger partial charge < -0.3 is 0 Å². The van der Waals surface area contributed by atoms with Crippen molar-refractivity contribution in [1.82, 2.24) is 0 Å². The Hall–Kier alpha value is 0.774. The fraction of sp³-hybridized carbons (Fsp3) is 0.500. The molecule has 0 heterocycles. The van der Waals surface area contributed by atoms with Gasteiger partial charge in [0.2, 0.25) is 0 Å². The zero-order valence-corrected chi connectivity index (χ0v) is 9.95. The van der Waals surface area contributed by atoms with E-state index in [1.807, 2.05) is 0 Å². The third kappa shape index (κ3) is 3.33. The van der Waals surface area contributed by atoms with E-state index >= 15 is 0 Å². The predicted molar refractivity (Wildman–Crippen MR) is 50.1 cm³/mol. The normalized spacial score (nSPS) is 21.0. The summed E-state index contributed by atoms with van der Waals surface area (Å²) in [6.07, 6.45) is 5.77. The van der Waals surface area contributed by atoms with Crippen LogP contribution < -0.4 is 0 Å². The van der Waals surface area contributed by atoms with E-state index in [4.69, 9.17) is 0 Å². The maximum absolute atomic E-state index is 2.30. The van der Waals surface area contributed by atoms with Gasteiger partial charge in [0, 0.05) is 0 Å². The van der Waals surface area contributed by atoms with Gasteiger partial charge in [-0.3, -0.25) is 0 Å². The molecule has 1 unspecified atom stereocenters. The minimum absolute atomic E-state index is 0. The van der Waals surface area contributed by atoms with Crippen LogP contribution in [0.25, 0.3) is 0 Å². The number of hydrogen-bond donors (Lipinski definition) is 0. The van der Waals surface area contributed by atoms with Crippen LogP contribution in [0, 0.1) is 5.92 Å². The van der Waals surface area contributed by atoms with Crippen LogP contribution in [0.2, 0.25) is 0 Å². The molecule has 1 aliphatic rings. The van der Waals surface area contributed by atoms with Crippen molar-refractivity contribution in [3.8, 4) is 0 Å². The Kier molecular flexibility index (Phi) is 8.20. The summed E-state index contributed by atoms with van der Waals surface area (Å²) in [5.41, 5.74) is 1.46. The Labute approximate surface area is 92.7 Å². The average Bonchev–Trinajstić information content (AvgIpc) is 2.15. The molecule has 0 nitrogen and oxygen atoms in total. The van der Waals surface area contributed by atoms with E-state index in [1.54, 1.807) is 3.88 Å². The number of hydrogen-bond acceptors (Lipinski definition) is 0. The van der Waals surface area contributed by atoms with Crippen molar-refractivity contribution < 1.29 is 20.4 Å². The molecule has 0 saturated heterocycles. The fourth-order valence-corrected chi connectivity index (χ4v) is 1.68. The van der Waals surface area contributed by atoms with E-state index in [1.165, 1.54) is 12.0 Å². The van der Waals surface area contributed by atoms with Crippen molar-refractivity contribution in [3.05, 3.63) is 21.6 Å². The van der Waals surface area contributed by atoms with Gasteiger partial charge in [-0.25, -0.2) is 0 Å². The van der Waals surface area contributed by atoms with E-state index in [0.29, 0.717) is 0 Å². The summed E-state index contributed by atoms with van der Waals surface area (Å²) < 4.78 is 1.55. The van der Waals surface area contributed by atoms with E-state index < -0.39 is 0 Å². The van der Waals surface area contributed by atoms with Gasteiger partial charge in [0.1, 0.15) is 0 Å². The van der Waals surface area contributed by atoms with Gasteiger partial charge in [0.15, 0.2) is 0 Å². The third-order valence-corrected chi connectivity index (χ3v) is 3.01. The van der Waals surface area contributed by atoms with Crippen LogP contribution in [0.15, 0.2) is 21.6 Å². The molecule has 63 valence electrons. The molecule has 0 bridgehead atoms. The van der Waals surface area contributed by atoms with Crippen molar-refractivity contribution in [1.29, 1.82) is 0 Å². The molecule has 0 amide bonds. The van der Waals surface area contributed by atoms with Crippen LogP contribution >= 0.6 is 24.8 Å². The molecule has 1 atom stereocenters. The largest absolute Gasteiger partial charge is 0.147 e. The maximum Gasteiger partial charge on any atom is -0.147 e. The molecule has 1 aliphatic carbocycles. The maximum atomic E-state index is 2.30. The Morgan fingerprint density at radius 1 is 1.45 bits per heavy atom. The molecule has 0 spiro atoms. The second-order valence-corrected chi connectivity index (χ2v) is 3.31. The van der Waals surface area contributed by atoms with Crippen LogP contribution in [0.5, 0.6) is 0 Å². The smallest absolute Gasteiger partial charge is 0.147 e. The third-order valence-electron chi connectivity index (χ3n) is 1.81. The minimum Gasteiger partial charge on any atom is -0.147 e. The van der Waals surface area contributed by atoms with Gasteiger partial charge in [0.05, 0.1) is 0 Å². The van der Waals surface area contributed by atoms with Crippen molar-refractivity contribution in [3.63, 3.8) is 0 Å². The Morgan fingerprint density at radius 2 is 2.00 bits per heavy atom. The van der Waals surface area contributed by atoms with Gasteiger partial charge in [-0.15, -0.1) is 24.8 Å². The molecule has 11 heavy (non-hydrogen) atoms. The van der Waals surface area contributed by atoms with Crippen LogP contribution in [-0.4, -0.2) is 0 Å². The van der Waals surface area contributed by atoms with Gasteiger partial charge in [0.25, 0.3) is 0 Å². The van der Waals surface area contributed by atoms with Crippen LogP contribution in [0.1, 0.15) is 20.3 Å². The second-order valence-electron chi connectivity index (χ2n) is 2.47. The molecule has 0 N–H and O–H groups in total. The van der Waals surface area contributed by atoms with Crippen LogP contribution in [-0.2, 0) is 20.4 Å². The van der Waals surface area contributed by atoms with E-state index in [9.17, 15) is 0 Å². The van der Waals surface area contributed by atoms with Crippen molar-refractivity contribution in [2.75, 3.05) is 0 Å². The molecule has 0 aliphatic heterocycles. The van der Waals surface area contributed by atoms with Crippen LogP contribution in [0.3, 0.4) is 0 Å². The molecule has 0 fully saturated rings. The number of rotatable bonds is 1. The van der Waals surface area contributed by atoms with E-state index in [0.717, 1.165) is 5.92 Å². The quantitative estimate of drug-likeness (QED) is 0.604. The molecule has 0 aromatic carbocycles. The van der Waals surface area contributed by atoms with Gasteiger partial charge in [-0.1, -0.05) is 0 Å².